The van der Waals surface area contributed by atoms with Crippen LogP contribution in [0, 0.1) is 6.92 Å². The van der Waals surface area contributed by atoms with E-state index in [1.807, 2.05) is 6.92 Å². The summed E-state index contributed by atoms with van der Waals surface area (Å²) in [6.07, 6.45) is -4.47. The number of aryl methyl sites for hydroxylation is 1. The van der Waals surface area contributed by atoms with Gasteiger partial charge in [-0.05, 0) is 48.9 Å². The van der Waals surface area contributed by atoms with E-state index in [-0.39, 0.29) is 24.8 Å². The van der Waals surface area contributed by atoms with Gasteiger partial charge in [0.25, 0.3) is 0 Å². The van der Waals surface area contributed by atoms with Crippen LogP contribution in [0.25, 0.3) is 0 Å². The molecular weight excluding hydrogens is 381 g/mol. The van der Waals surface area contributed by atoms with Crippen molar-refractivity contribution >= 4 is 34.8 Å². The Hall–Kier alpha value is -2.54. The first-order valence-electron chi connectivity index (χ1n) is 8.09. The van der Waals surface area contributed by atoms with Gasteiger partial charge in [0.05, 0.1) is 5.56 Å². The number of nitrogens with one attached hydrogen (secondary N) is 1. The number of rotatable bonds is 5. The van der Waals surface area contributed by atoms with E-state index in [9.17, 15) is 22.8 Å². The number of alkyl halides is 3. The van der Waals surface area contributed by atoms with Crippen molar-refractivity contribution in [1.29, 1.82) is 0 Å². The van der Waals surface area contributed by atoms with Gasteiger partial charge in [-0.3, -0.25) is 9.59 Å². The van der Waals surface area contributed by atoms with Gasteiger partial charge in [-0.15, -0.1) is 0 Å². The van der Waals surface area contributed by atoms with Crippen molar-refractivity contribution in [2.45, 2.75) is 26.4 Å². The van der Waals surface area contributed by atoms with Crippen molar-refractivity contribution in [3.63, 3.8) is 0 Å². The Morgan fingerprint density at radius 2 is 1.74 bits per heavy atom. The van der Waals surface area contributed by atoms with Crippen LogP contribution >= 0.6 is 11.6 Å². The fraction of sp³-hybridized carbons (Fsp3) is 0.263. The molecule has 2 amide bonds. The van der Waals surface area contributed by atoms with Crippen LogP contribution in [-0.2, 0) is 15.8 Å². The van der Waals surface area contributed by atoms with Crippen molar-refractivity contribution in [3.8, 4) is 0 Å². The summed E-state index contributed by atoms with van der Waals surface area (Å²) in [4.78, 5) is 25.3. The summed E-state index contributed by atoms with van der Waals surface area (Å²) in [5.41, 5.74) is 0.890. The molecular formula is C19H18ClF3N2O2. The van der Waals surface area contributed by atoms with Crippen molar-refractivity contribution in [1.82, 2.24) is 0 Å². The van der Waals surface area contributed by atoms with Crippen LogP contribution in [0.4, 0.5) is 24.5 Å². The van der Waals surface area contributed by atoms with Crippen LogP contribution in [0.2, 0.25) is 5.02 Å². The lowest BCUT2D eigenvalue weighted by Gasteiger charge is -2.21. The second-order valence-corrected chi connectivity index (χ2v) is 6.41. The summed E-state index contributed by atoms with van der Waals surface area (Å²) < 4.78 is 38.0. The predicted molar refractivity (Wildman–Crippen MR) is 98.9 cm³/mol. The molecule has 2 rings (SSSR count). The molecule has 0 aromatic heterocycles. The zero-order valence-corrected chi connectivity index (χ0v) is 15.5. The van der Waals surface area contributed by atoms with Crippen molar-refractivity contribution in [2.75, 3.05) is 16.8 Å². The normalized spacial score (nSPS) is 11.2. The van der Waals surface area contributed by atoms with Gasteiger partial charge in [0.2, 0.25) is 11.8 Å². The summed E-state index contributed by atoms with van der Waals surface area (Å²) >= 11 is 5.91. The Bertz CT molecular complexity index is 836. The van der Waals surface area contributed by atoms with Crippen LogP contribution in [0.15, 0.2) is 42.5 Å². The third-order valence-corrected chi connectivity index (χ3v) is 4.16. The highest BCUT2D eigenvalue weighted by Crippen LogP contribution is 2.30. The molecule has 0 unspecified atom stereocenters. The summed E-state index contributed by atoms with van der Waals surface area (Å²) in [7, 11) is 0. The quantitative estimate of drug-likeness (QED) is 0.766. The SMILES string of the molecule is CC(=O)N(CCC(=O)Nc1cc(Cl)ccc1C)c1ccc(C(F)(F)F)cc1. The molecule has 0 bridgehead atoms. The van der Waals surface area contributed by atoms with Gasteiger partial charge in [0.1, 0.15) is 0 Å². The number of anilines is 2. The molecule has 0 saturated heterocycles. The van der Waals surface area contributed by atoms with Crippen LogP contribution in [0.5, 0.6) is 0 Å². The average molecular weight is 399 g/mol. The minimum absolute atomic E-state index is 0.0213. The van der Waals surface area contributed by atoms with Gasteiger partial charge < -0.3 is 10.2 Å². The van der Waals surface area contributed by atoms with Crippen LogP contribution in [-0.4, -0.2) is 18.4 Å². The average Bonchev–Trinajstić information content (AvgIpc) is 2.57. The molecule has 144 valence electrons. The highest BCUT2D eigenvalue weighted by Gasteiger charge is 2.30. The third kappa shape index (κ3) is 5.72. The first-order chi connectivity index (χ1) is 12.6. The standard InChI is InChI=1S/C19H18ClF3N2O2/c1-12-3-6-15(20)11-17(12)24-18(27)9-10-25(13(2)26)16-7-4-14(5-8-16)19(21,22)23/h3-8,11H,9-10H2,1-2H3,(H,24,27). The van der Waals surface area contributed by atoms with Gasteiger partial charge in [0, 0.05) is 36.3 Å². The summed E-state index contributed by atoms with van der Waals surface area (Å²) in [5.74, 6) is -0.708. The van der Waals surface area contributed by atoms with E-state index in [4.69, 9.17) is 11.6 Å². The molecule has 8 heteroatoms. The topological polar surface area (TPSA) is 49.4 Å². The molecule has 0 heterocycles. The number of benzene rings is 2. The lowest BCUT2D eigenvalue weighted by Crippen LogP contribution is -2.32. The molecule has 0 aliphatic carbocycles. The second kappa shape index (κ2) is 8.43. The van der Waals surface area contributed by atoms with Gasteiger partial charge in [-0.2, -0.15) is 13.2 Å². The van der Waals surface area contributed by atoms with E-state index in [0.717, 1.165) is 17.7 Å². The van der Waals surface area contributed by atoms with Crippen LogP contribution in [0.3, 0.4) is 0 Å². The molecule has 27 heavy (non-hydrogen) atoms. The number of carbonyl (C=O) groups is 2. The highest BCUT2D eigenvalue weighted by atomic mass is 35.5. The molecule has 0 aliphatic rings. The molecule has 2 aromatic carbocycles. The molecule has 1 N–H and O–H groups in total. The summed E-state index contributed by atoms with van der Waals surface area (Å²) in [6.45, 7) is 3.14. The van der Waals surface area contributed by atoms with Crippen LogP contribution in [0.1, 0.15) is 24.5 Å². The number of hydrogen-bond donors (Lipinski definition) is 1. The number of carbonyl (C=O) groups excluding carboxylic acids is 2. The molecule has 0 fully saturated rings. The fourth-order valence-electron chi connectivity index (χ4n) is 2.45. The van der Waals surface area contributed by atoms with Crippen molar-refractivity contribution in [3.05, 3.63) is 58.6 Å². The molecule has 0 radical (unpaired) electrons. The third-order valence-electron chi connectivity index (χ3n) is 3.92. The van der Waals surface area contributed by atoms with E-state index in [2.05, 4.69) is 5.32 Å². The molecule has 4 nitrogen and oxygen atoms in total. The minimum Gasteiger partial charge on any atom is -0.326 e. The maximum absolute atomic E-state index is 12.7. The lowest BCUT2D eigenvalue weighted by molar-refractivity contribution is -0.137. The first kappa shape index (κ1) is 20.8. The van der Waals surface area contributed by atoms with Gasteiger partial charge in [0.15, 0.2) is 0 Å². The Morgan fingerprint density at radius 1 is 1.11 bits per heavy atom. The summed E-state index contributed by atoms with van der Waals surface area (Å²) in [6, 6.07) is 9.32. The van der Waals surface area contributed by atoms with Gasteiger partial charge >= 0.3 is 6.18 Å². The highest BCUT2D eigenvalue weighted by molar-refractivity contribution is 6.31. The number of halogens is 4. The smallest absolute Gasteiger partial charge is 0.326 e. The van der Waals surface area contributed by atoms with E-state index in [1.165, 1.54) is 24.0 Å². The van der Waals surface area contributed by atoms with Crippen LogP contribution < -0.4 is 10.2 Å². The molecule has 2 aromatic rings. The zero-order valence-electron chi connectivity index (χ0n) is 14.7. The van der Waals surface area contributed by atoms with E-state index in [0.29, 0.717) is 16.4 Å². The second-order valence-electron chi connectivity index (χ2n) is 5.97. The number of nitrogens with zero attached hydrogens (tertiary/aromatic N) is 1. The summed E-state index contributed by atoms with van der Waals surface area (Å²) in [5, 5.41) is 3.19. The first-order valence-corrected chi connectivity index (χ1v) is 8.47. The van der Waals surface area contributed by atoms with Gasteiger partial charge in [-0.1, -0.05) is 17.7 Å². The van der Waals surface area contributed by atoms with E-state index in [1.54, 1.807) is 18.2 Å². The molecule has 0 atom stereocenters. The largest absolute Gasteiger partial charge is 0.416 e. The minimum atomic E-state index is -4.45. The number of amides is 2. The van der Waals surface area contributed by atoms with Crippen molar-refractivity contribution < 1.29 is 22.8 Å². The van der Waals surface area contributed by atoms with E-state index < -0.39 is 11.7 Å². The Kier molecular flexibility index (Phi) is 6.49. The Balaban J connectivity index is 2.05. The Labute approximate surface area is 159 Å². The lowest BCUT2D eigenvalue weighted by atomic mass is 10.1. The van der Waals surface area contributed by atoms with Crippen molar-refractivity contribution in [2.24, 2.45) is 0 Å². The maximum Gasteiger partial charge on any atom is 0.416 e. The molecule has 0 saturated carbocycles. The number of hydrogen-bond acceptors (Lipinski definition) is 2. The molecule has 0 spiro atoms. The Morgan fingerprint density at radius 3 is 2.30 bits per heavy atom. The molecule has 0 aliphatic heterocycles. The predicted octanol–water partition coefficient (Wildman–Crippen LogP) is 5.05. The maximum atomic E-state index is 12.7. The fourth-order valence-corrected chi connectivity index (χ4v) is 2.63. The van der Waals surface area contributed by atoms with E-state index >= 15 is 0 Å². The monoisotopic (exact) mass is 398 g/mol. The van der Waals surface area contributed by atoms with Gasteiger partial charge in [-0.25, -0.2) is 0 Å². The zero-order chi connectivity index (χ0) is 20.2.